The number of nitrogen functional groups attached to an aromatic ring is 2. The van der Waals surface area contributed by atoms with Crippen LogP contribution < -0.4 is 17.0 Å². The third-order valence-corrected chi connectivity index (χ3v) is 4.61. The zero-order chi connectivity index (χ0) is 21.7. The third kappa shape index (κ3) is 4.21. The summed E-state index contributed by atoms with van der Waals surface area (Å²) in [7, 11) is 0. The van der Waals surface area contributed by atoms with E-state index in [0.29, 0.717) is 10.4 Å². The van der Waals surface area contributed by atoms with Gasteiger partial charge in [0, 0.05) is 11.9 Å². The summed E-state index contributed by atoms with van der Waals surface area (Å²) in [5, 5.41) is 10.3. The average molecular weight is 420 g/mol. The molecule has 0 aliphatic carbocycles. The number of aryl methyl sites for hydroxylation is 1. The molecule has 0 atom stereocenters. The standard InChI is InChI=1S/C16H13ClN2O.C5H5N5/c1-2-12-9-11-5-3-7-14(17)15(11)16(20)19(12)13-6-4-8-18-10-13;6-1-3-2-9-5(8)10-4(3)7/h3-10H,2H2,1H3;2H,(H4,7,8,9,10). The summed E-state index contributed by atoms with van der Waals surface area (Å²) >= 11 is 6.19. The van der Waals surface area contributed by atoms with Gasteiger partial charge in [0.15, 0.2) is 0 Å². The number of hydrogen-bond acceptors (Lipinski definition) is 7. The molecule has 0 radical (unpaired) electrons. The largest absolute Gasteiger partial charge is 0.382 e. The first-order valence-electron chi connectivity index (χ1n) is 8.98. The van der Waals surface area contributed by atoms with E-state index in [-0.39, 0.29) is 22.9 Å². The van der Waals surface area contributed by atoms with E-state index in [1.54, 1.807) is 23.0 Å². The lowest BCUT2D eigenvalue weighted by Crippen LogP contribution is -2.22. The first-order valence-corrected chi connectivity index (χ1v) is 9.35. The molecular weight excluding hydrogens is 402 g/mol. The number of rotatable bonds is 2. The molecule has 0 amide bonds. The van der Waals surface area contributed by atoms with Crippen molar-refractivity contribution in [1.29, 1.82) is 5.26 Å². The maximum absolute atomic E-state index is 12.8. The van der Waals surface area contributed by atoms with Gasteiger partial charge >= 0.3 is 0 Å². The summed E-state index contributed by atoms with van der Waals surface area (Å²) in [5.41, 5.74) is 12.3. The van der Waals surface area contributed by atoms with Crippen molar-refractivity contribution >= 4 is 34.1 Å². The van der Waals surface area contributed by atoms with Crippen molar-refractivity contribution in [2.75, 3.05) is 11.5 Å². The zero-order valence-electron chi connectivity index (χ0n) is 16.1. The molecule has 3 aromatic heterocycles. The van der Waals surface area contributed by atoms with Gasteiger partial charge in [0.05, 0.1) is 28.5 Å². The van der Waals surface area contributed by atoms with E-state index in [2.05, 4.69) is 15.0 Å². The van der Waals surface area contributed by atoms with Gasteiger partial charge in [0.2, 0.25) is 5.95 Å². The van der Waals surface area contributed by atoms with Gasteiger partial charge in [-0.2, -0.15) is 10.2 Å². The number of pyridine rings is 2. The molecule has 0 spiro atoms. The predicted octanol–water partition coefficient (Wildman–Crippen LogP) is 3.11. The van der Waals surface area contributed by atoms with Gasteiger partial charge in [-0.1, -0.05) is 30.7 Å². The third-order valence-electron chi connectivity index (χ3n) is 4.30. The SMILES string of the molecule is CCc1cc2cccc(Cl)c2c(=O)n1-c1cccnc1.N#Cc1cnc(N)nc1N. The van der Waals surface area contributed by atoms with Crippen LogP contribution in [0.25, 0.3) is 16.5 Å². The number of nitriles is 1. The van der Waals surface area contributed by atoms with Gasteiger partial charge < -0.3 is 11.5 Å². The number of benzene rings is 1. The van der Waals surface area contributed by atoms with Crippen LogP contribution in [0.2, 0.25) is 5.02 Å². The number of aromatic nitrogens is 4. The molecule has 0 unspecified atom stereocenters. The van der Waals surface area contributed by atoms with Crippen molar-refractivity contribution in [3.05, 3.63) is 81.6 Å². The summed E-state index contributed by atoms with van der Waals surface area (Å²) in [4.78, 5) is 24.0. The van der Waals surface area contributed by atoms with Gasteiger partial charge in [-0.3, -0.25) is 14.3 Å². The van der Waals surface area contributed by atoms with E-state index in [4.69, 9.17) is 28.3 Å². The molecule has 150 valence electrons. The van der Waals surface area contributed by atoms with Crippen LogP contribution in [0.4, 0.5) is 11.8 Å². The zero-order valence-corrected chi connectivity index (χ0v) is 16.8. The van der Waals surface area contributed by atoms with Gasteiger partial charge in [-0.25, -0.2) is 4.98 Å². The van der Waals surface area contributed by atoms with Crippen molar-refractivity contribution in [3.8, 4) is 11.8 Å². The average Bonchev–Trinajstić information content (AvgIpc) is 2.74. The number of nitrogens with two attached hydrogens (primary N) is 2. The normalized spacial score (nSPS) is 10.2. The maximum Gasteiger partial charge on any atom is 0.264 e. The molecule has 8 nitrogen and oxygen atoms in total. The molecule has 9 heteroatoms. The minimum absolute atomic E-state index is 0.0801. The Bertz CT molecular complexity index is 1300. The number of halogens is 1. The lowest BCUT2D eigenvalue weighted by Gasteiger charge is -2.13. The van der Waals surface area contributed by atoms with Crippen LogP contribution in [0.5, 0.6) is 0 Å². The molecule has 4 rings (SSSR count). The molecule has 4 N–H and O–H groups in total. The first kappa shape index (κ1) is 20.8. The summed E-state index contributed by atoms with van der Waals surface area (Å²) in [5.74, 6) is 0.200. The molecule has 4 aromatic rings. The number of fused-ring (bicyclic) bond motifs is 1. The first-order chi connectivity index (χ1) is 14.5. The quantitative estimate of drug-likeness (QED) is 0.509. The lowest BCUT2D eigenvalue weighted by atomic mass is 10.1. The Kier molecular flexibility index (Phi) is 6.25. The van der Waals surface area contributed by atoms with E-state index in [1.165, 1.54) is 6.20 Å². The van der Waals surface area contributed by atoms with E-state index >= 15 is 0 Å². The number of nitrogens with zero attached hydrogens (tertiary/aromatic N) is 5. The van der Waals surface area contributed by atoms with Crippen LogP contribution in [-0.4, -0.2) is 19.5 Å². The van der Waals surface area contributed by atoms with Crippen LogP contribution in [0, 0.1) is 11.3 Å². The monoisotopic (exact) mass is 419 g/mol. The number of hydrogen-bond donors (Lipinski definition) is 2. The van der Waals surface area contributed by atoms with Crippen LogP contribution in [0.1, 0.15) is 18.2 Å². The molecule has 0 fully saturated rings. The molecule has 1 aromatic carbocycles. The molecule has 30 heavy (non-hydrogen) atoms. The lowest BCUT2D eigenvalue weighted by molar-refractivity contribution is 0.883. The fourth-order valence-electron chi connectivity index (χ4n) is 2.90. The van der Waals surface area contributed by atoms with Gasteiger partial charge in [0.25, 0.3) is 5.56 Å². The van der Waals surface area contributed by atoms with Crippen molar-refractivity contribution in [3.63, 3.8) is 0 Å². The van der Waals surface area contributed by atoms with Gasteiger partial charge in [-0.05, 0) is 36.1 Å². The molecule has 0 saturated heterocycles. The summed E-state index contributed by atoms with van der Waals surface area (Å²) < 4.78 is 1.68. The molecular formula is C21H18ClN7O. The summed E-state index contributed by atoms with van der Waals surface area (Å²) in [6, 6.07) is 13.0. The van der Waals surface area contributed by atoms with E-state index < -0.39 is 0 Å². The fourth-order valence-corrected chi connectivity index (χ4v) is 3.16. The van der Waals surface area contributed by atoms with E-state index in [9.17, 15) is 4.79 Å². The fraction of sp³-hybridized carbons (Fsp3) is 0.0952. The number of anilines is 2. The highest BCUT2D eigenvalue weighted by molar-refractivity contribution is 6.35. The predicted molar refractivity (Wildman–Crippen MR) is 117 cm³/mol. The second-order valence-electron chi connectivity index (χ2n) is 6.18. The highest BCUT2D eigenvalue weighted by atomic mass is 35.5. The summed E-state index contributed by atoms with van der Waals surface area (Å²) in [6.07, 6.45) is 5.42. The van der Waals surface area contributed by atoms with E-state index in [1.807, 2.05) is 43.3 Å². The van der Waals surface area contributed by atoms with Crippen LogP contribution in [0.15, 0.2) is 59.8 Å². The molecule has 0 aliphatic rings. The maximum atomic E-state index is 12.8. The van der Waals surface area contributed by atoms with Crippen LogP contribution in [-0.2, 0) is 6.42 Å². The van der Waals surface area contributed by atoms with Crippen molar-refractivity contribution in [2.45, 2.75) is 13.3 Å². The minimum Gasteiger partial charge on any atom is -0.382 e. The topological polar surface area (TPSA) is 136 Å². The Labute approximate surface area is 177 Å². The minimum atomic E-state index is -0.0991. The Morgan fingerprint density at radius 1 is 1.20 bits per heavy atom. The molecule has 0 aliphatic heterocycles. The highest BCUT2D eigenvalue weighted by Gasteiger charge is 2.12. The van der Waals surface area contributed by atoms with E-state index in [0.717, 1.165) is 23.2 Å². The van der Waals surface area contributed by atoms with Gasteiger partial charge in [0.1, 0.15) is 17.5 Å². The van der Waals surface area contributed by atoms with Crippen molar-refractivity contribution < 1.29 is 0 Å². The Morgan fingerprint density at radius 3 is 2.63 bits per heavy atom. The molecule has 3 heterocycles. The Balaban J connectivity index is 0.000000216. The Morgan fingerprint density at radius 2 is 2.00 bits per heavy atom. The molecule has 0 bridgehead atoms. The van der Waals surface area contributed by atoms with Crippen molar-refractivity contribution in [1.82, 2.24) is 19.5 Å². The molecule has 0 saturated carbocycles. The smallest absolute Gasteiger partial charge is 0.264 e. The van der Waals surface area contributed by atoms with Crippen LogP contribution in [0.3, 0.4) is 0 Å². The van der Waals surface area contributed by atoms with Crippen LogP contribution >= 0.6 is 11.6 Å². The van der Waals surface area contributed by atoms with Crippen molar-refractivity contribution in [2.24, 2.45) is 0 Å². The second kappa shape index (κ2) is 9.03. The summed E-state index contributed by atoms with van der Waals surface area (Å²) in [6.45, 7) is 2.03. The highest BCUT2D eigenvalue weighted by Crippen LogP contribution is 2.22. The Hall–Kier alpha value is -3.96. The second-order valence-corrected chi connectivity index (χ2v) is 6.59. The van der Waals surface area contributed by atoms with Gasteiger partial charge in [-0.15, -0.1) is 0 Å².